The van der Waals surface area contributed by atoms with Crippen molar-refractivity contribution in [2.45, 2.75) is 84.0 Å². The first-order chi connectivity index (χ1) is 15.8. The molecule has 2 fully saturated rings. The van der Waals surface area contributed by atoms with E-state index in [9.17, 15) is 9.90 Å². The number of aromatic nitrogens is 3. The number of hydrogen-bond donors (Lipinski definition) is 1. The van der Waals surface area contributed by atoms with E-state index >= 15 is 8.78 Å². The number of nitrogens with zero attached hydrogens (tertiary/aromatic N) is 4. The van der Waals surface area contributed by atoms with Gasteiger partial charge < -0.3 is 19.3 Å². The summed E-state index contributed by atoms with van der Waals surface area (Å²) in [5, 5.41) is 15.2. The first-order valence-corrected chi connectivity index (χ1v) is 11.6. The molecule has 1 aliphatic carbocycles. The van der Waals surface area contributed by atoms with Crippen molar-refractivity contribution in [2.24, 2.45) is 10.8 Å². The minimum absolute atomic E-state index is 0.0117. The van der Waals surface area contributed by atoms with Gasteiger partial charge in [0.15, 0.2) is 12.4 Å². The molecule has 0 aromatic carbocycles. The Hall–Kier alpha value is -2.62. The molecule has 2 aromatic heterocycles. The summed E-state index contributed by atoms with van der Waals surface area (Å²) in [4.78, 5) is 22.3. The van der Waals surface area contributed by atoms with E-state index in [1.54, 1.807) is 24.5 Å². The van der Waals surface area contributed by atoms with Crippen LogP contribution >= 0.6 is 0 Å². The third-order valence-electron chi connectivity index (χ3n) is 6.67. The van der Waals surface area contributed by atoms with E-state index < -0.39 is 34.3 Å². The topological polar surface area (TPSA) is 102 Å². The highest BCUT2D eigenvalue weighted by molar-refractivity contribution is 5.85. The summed E-state index contributed by atoms with van der Waals surface area (Å²) < 4.78 is 42.2. The van der Waals surface area contributed by atoms with Gasteiger partial charge in [0, 0.05) is 25.0 Å². The Morgan fingerprint density at radius 1 is 1.21 bits per heavy atom. The fourth-order valence-electron chi connectivity index (χ4n) is 6.03. The van der Waals surface area contributed by atoms with Crippen molar-refractivity contribution in [1.82, 2.24) is 20.0 Å². The predicted octanol–water partition coefficient (Wildman–Crippen LogP) is 4.31. The maximum absolute atomic E-state index is 15.7. The number of rotatable bonds is 6. The van der Waals surface area contributed by atoms with Gasteiger partial charge in [-0.1, -0.05) is 32.9 Å². The van der Waals surface area contributed by atoms with Gasteiger partial charge in [-0.15, -0.1) is 0 Å². The fourth-order valence-corrected chi connectivity index (χ4v) is 6.03. The summed E-state index contributed by atoms with van der Waals surface area (Å²) in [5.74, 6) is -4.92. The summed E-state index contributed by atoms with van der Waals surface area (Å²) in [7, 11) is 0. The van der Waals surface area contributed by atoms with Crippen LogP contribution in [0.1, 0.15) is 77.3 Å². The molecule has 1 atom stereocenters. The van der Waals surface area contributed by atoms with E-state index in [0.29, 0.717) is 30.7 Å². The lowest BCUT2D eigenvalue weighted by Crippen LogP contribution is -2.62. The van der Waals surface area contributed by atoms with Gasteiger partial charge in [0.05, 0.1) is 6.04 Å². The Bertz CT molecular complexity index is 1010. The summed E-state index contributed by atoms with van der Waals surface area (Å²) in [6.07, 6.45) is 4.51. The van der Waals surface area contributed by atoms with Crippen molar-refractivity contribution < 1.29 is 27.9 Å². The third kappa shape index (κ3) is 4.78. The van der Waals surface area contributed by atoms with Crippen LogP contribution in [0.2, 0.25) is 0 Å². The van der Waals surface area contributed by atoms with Crippen molar-refractivity contribution in [3.05, 3.63) is 36.0 Å². The predicted molar refractivity (Wildman–Crippen MR) is 118 cm³/mol. The molecular weight excluding hydrogens is 446 g/mol. The molecule has 1 amide bonds. The van der Waals surface area contributed by atoms with Crippen molar-refractivity contribution in [3.8, 4) is 6.01 Å². The van der Waals surface area contributed by atoms with E-state index in [4.69, 9.17) is 9.26 Å². The number of likely N-dealkylation sites (tertiary alicyclic amines) is 1. The van der Waals surface area contributed by atoms with Crippen LogP contribution in [0, 0.1) is 10.8 Å². The molecule has 0 bridgehead atoms. The van der Waals surface area contributed by atoms with Crippen LogP contribution in [0.5, 0.6) is 6.01 Å². The first-order valence-electron chi connectivity index (χ1n) is 11.6. The van der Waals surface area contributed by atoms with Gasteiger partial charge in [-0.25, -0.2) is 9.97 Å². The van der Waals surface area contributed by atoms with Crippen LogP contribution in [-0.2, 0) is 11.4 Å². The maximum Gasteiger partial charge on any atom is 0.352 e. The maximum atomic E-state index is 15.7. The zero-order chi connectivity index (χ0) is 24.8. The molecule has 0 unspecified atom stereocenters. The van der Waals surface area contributed by atoms with Gasteiger partial charge in [-0.3, -0.25) is 4.79 Å². The molecule has 1 saturated carbocycles. The van der Waals surface area contributed by atoms with Crippen LogP contribution < -0.4 is 4.74 Å². The van der Waals surface area contributed by atoms with Crippen molar-refractivity contribution >= 4 is 5.91 Å². The number of amides is 1. The van der Waals surface area contributed by atoms with Crippen LogP contribution in [0.25, 0.3) is 0 Å². The molecule has 186 valence electrons. The molecule has 34 heavy (non-hydrogen) atoms. The SMILES string of the molecule is CC1(C)CC(C)(C)CC(O)(C(F)(F)C(=O)N2CCC[C@H]2c2cc(COc3ncccn3)on2)C1. The van der Waals surface area contributed by atoms with Crippen molar-refractivity contribution in [1.29, 1.82) is 0 Å². The number of carbonyl (C=O) groups is 1. The van der Waals surface area contributed by atoms with Gasteiger partial charge >= 0.3 is 11.9 Å². The average molecular weight is 479 g/mol. The number of halogens is 2. The highest BCUT2D eigenvalue weighted by atomic mass is 19.3. The summed E-state index contributed by atoms with van der Waals surface area (Å²) in [6.45, 7) is 7.61. The lowest BCUT2D eigenvalue weighted by molar-refractivity contribution is -0.231. The lowest BCUT2D eigenvalue weighted by atomic mass is 9.58. The second-order valence-corrected chi connectivity index (χ2v) is 11.2. The first kappa shape index (κ1) is 24.5. The minimum atomic E-state index is -3.93. The van der Waals surface area contributed by atoms with Gasteiger partial charge in [0.25, 0.3) is 5.91 Å². The van der Waals surface area contributed by atoms with Gasteiger partial charge in [0.1, 0.15) is 11.3 Å². The minimum Gasteiger partial charge on any atom is -0.455 e. The zero-order valence-electron chi connectivity index (χ0n) is 20.1. The molecule has 4 rings (SSSR count). The van der Waals surface area contributed by atoms with E-state index in [0.717, 1.165) is 4.90 Å². The van der Waals surface area contributed by atoms with Gasteiger partial charge in [-0.2, -0.15) is 8.78 Å². The van der Waals surface area contributed by atoms with Crippen LogP contribution in [0.3, 0.4) is 0 Å². The molecule has 2 aliphatic rings. The molecule has 8 nitrogen and oxygen atoms in total. The van der Waals surface area contributed by atoms with Crippen LogP contribution in [0.4, 0.5) is 8.78 Å². The number of alkyl halides is 2. The number of carbonyl (C=O) groups excluding carboxylic acids is 1. The Morgan fingerprint density at radius 2 is 1.85 bits per heavy atom. The fraction of sp³-hybridized carbons (Fsp3) is 0.667. The molecule has 0 radical (unpaired) electrons. The molecule has 1 N–H and O–H groups in total. The summed E-state index contributed by atoms with van der Waals surface area (Å²) >= 11 is 0. The zero-order valence-corrected chi connectivity index (χ0v) is 20.1. The largest absolute Gasteiger partial charge is 0.455 e. The van der Waals surface area contributed by atoms with E-state index in [1.165, 1.54) is 0 Å². The number of hydrogen-bond acceptors (Lipinski definition) is 7. The number of ether oxygens (including phenoxy) is 1. The second-order valence-electron chi connectivity index (χ2n) is 11.2. The molecular formula is C24H32F2N4O4. The van der Waals surface area contributed by atoms with Crippen LogP contribution in [0.15, 0.2) is 29.0 Å². The third-order valence-corrected chi connectivity index (χ3v) is 6.67. The smallest absolute Gasteiger partial charge is 0.352 e. The van der Waals surface area contributed by atoms with Crippen molar-refractivity contribution in [2.75, 3.05) is 6.54 Å². The van der Waals surface area contributed by atoms with Crippen LogP contribution in [-0.4, -0.2) is 49.1 Å². The van der Waals surface area contributed by atoms with Crippen molar-refractivity contribution in [3.63, 3.8) is 0 Å². The Balaban J connectivity index is 1.50. The molecule has 1 saturated heterocycles. The molecule has 10 heteroatoms. The monoisotopic (exact) mass is 478 g/mol. The molecule has 1 aliphatic heterocycles. The highest BCUT2D eigenvalue weighted by Gasteiger charge is 2.65. The van der Waals surface area contributed by atoms with Gasteiger partial charge in [-0.05, 0) is 49.0 Å². The molecule has 2 aromatic rings. The standard InChI is InChI=1S/C24H32F2N4O4/c1-21(2)13-22(3,4)15-23(32,14-21)24(25,26)19(31)30-10-5-7-18(30)17-11-16(34-29-17)12-33-20-27-8-6-9-28-20/h6,8-9,11,18,32H,5,7,10,12-15H2,1-4H3/t18-/m0/s1. The molecule has 3 heterocycles. The van der Waals surface area contributed by atoms with E-state index in [1.807, 2.05) is 27.7 Å². The number of aliphatic hydroxyl groups is 1. The summed E-state index contributed by atoms with van der Waals surface area (Å²) in [6, 6.07) is 2.77. The highest BCUT2D eigenvalue weighted by Crippen LogP contribution is 2.55. The Morgan fingerprint density at radius 3 is 2.50 bits per heavy atom. The lowest BCUT2D eigenvalue weighted by Gasteiger charge is -2.51. The van der Waals surface area contributed by atoms with Gasteiger partial charge in [0.2, 0.25) is 0 Å². The summed E-state index contributed by atoms with van der Waals surface area (Å²) in [5.41, 5.74) is -3.08. The molecule has 0 spiro atoms. The Kier molecular flexibility index (Phi) is 6.16. The van der Waals surface area contributed by atoms with E-state index in [2.05, 4.69) is 15.1 Å². The second kappa shape index (κ2) is 8.55. The quantitative estimate of drug-likeness (QED) is 0.660. The average Bonchev–Trinajstić information content (AvgIpc) is 3.39. The normalized spacial score (nSPS) is 23.6. The van der Waals surface area contributed by atoms with E-state index in [-0.39, 0.29) is 32.0 Å². The Labute approximate surface area is 197 Å².